The molecule has 0 unspecified atom stereocenters. The predicted molar refractivity (Wildman–Crippen MR) is 193 cm³/mol. The van der Waals surface area contributed by atoms with Crippen LogP contribution in [-0.4, -0.2) is 9.97 Å². The largest absolute Gasteiger partial charge is 0.455 e. The van der Waals surface area contributed by atoms with Crippen LogP contribution in [0.25, 0.3) is 55.8 Å². The monoisotopic (exact) mass is 612 g/mol. The van der Waals surface area contributed by atoms with Gasteiger partial charge in [0.25, 0.3) is 0 Å². The Morgan fingerprint density at radius 2 is 0.958 bits per heavy atom. The van der Waals surface area contributed by atoms with Gasteiger partial charge in [-0.1, -0.05) is 158 Å². The second-order valence-corrected chi connectivity index (χ2v) is 12.5. The van der Waals surface area contributed by atoms with E-state index in [4.69, 9.17) is 14.7 Å². The summed E-state index contributed by atoms with van der Waals surface area (Å²) in [5, 5.41) is 2.24. The van der Waals surface area contributed by atoms with E-state index in [-0.39, 0.29) is 0 Å². The van der Waals surface area contributed by atoms with Gasteiger partial charge in [0.2, 0.25) is 0 Å². The molecule has 0 amide bonds. The summed E-state index contributed by atoms with van der Waals surface area (Å²) in [5.74, 6) is 2.39. The van der Waals surface area contributed by atoms with Crippen LogP contribution in [-0.2, 0) is 5.41 Å². The Morgan fingerprint density at radius 3 is 1.71 bits per heavy atom. The quantitative estimate of drug-likeness (QED) is 0.199. The molecule has 0 radical (unpaired) electrons. The summed E-state index contributed by atoms with van der Waals surface area (Å²) in [7, 11) is 0. The number of hydrogen-bond donors (Lipinski definition) is 0. The normalized spacial score (nSPS) is 13.3. The van der Waals surface area contributed by atoms with Gasteiger partial charge in [0, 0.05) is 33.2 Å². The van der Waals surface area contributed by atoms with Gasteiger partial charge in [0.1, 0.15) is 11.5 Å². The van der Waals surface area contributed by atoms with Gasteiger partial charge in [-0.25, -0.2) is 9.97 Å². The number of nitrogens with zero attached hydrogens (tertiary/aromatic N) is 2. The zero-order valence-corrected chi connectivity index (χ0v) is 26.0. The van der Waals surface area contributed by atoms with E-state index < -0.39 is 5.41 Å². The van der Waals surface area contributed by atoms with E-state index in [2.05, 4.69) is 133 Å². The zero-order chi connectivity index (χ0) is 31.7. The van der Waals surface area contributed by atoms with Gasteiger partial charge in [-0.15, -0.1) is 0 Å². The Hall–Kier alpha value is -6.32. The molecule has 0 saturated heterocycles. The minimum atomic E-state index is -0.576. The van der Waals surface area contributed by atoms with Gasteiger partial charge in [-0.3, -0.25) is 0 Å². The van der Waals surface area contributed by atoms with E-state index >= 15 is 0 Å². The van der Waals surface area contributed by atoms with Gasteiger partial charge >= 0.3 is 0 Å². The summed E-state index contributed by atoms with van der Waals surface area (Å²) in [6.07, 6.45) is 0. The lowest BCUT2D eigenvalue weighted by Crippen LogP contribution is -2.32. The van der Waals surface area contributed by atoms with Crippen LogP contribution >= 0.6 is 0 Å². The molecule has 0 atom stereocenters. The van der Waals surface area contributed by atoms with E-state index in [0.29, 0.717) is 5.82 Å². The highest BCUT2D eigenvalue weighted by molar-refractivity contribution is 5.97. The molecule has 1 aliphatic heterocycles. The average Bonchev–Trinajstić information content (AvgIpc) is 3.46. The van der Waals surface area contributed by atoms with Gasteiger partial charge < -0.3 is 4.74 Å². The molecule has 1 aliphatic carbocycles. The lowest BCUT2D eigenvalue weighted by atomic mass is 9.65. The van der Waals surface area contributed by atoms with E-state index in [0.717, 1.165) is 61.5 Å². The number of aromatic nitrogens is 2. The second kappa shape index (κ2) is 10.3. The number of fused-ring (bicyclic) bond motifs is 11. The molecule has 7 aromatic carbocycles. The van der Waals surface area contributed by atoms with Crippen LogP contribution in [0.1, 0.15) is 22.3 Å². The molecule has 10 rings (SSSR count). The smallest absolute Gasteiger partial charge is 0.160 e. The number of para-hydroxylation sites is 1. The van der Waals surface area contributed by atoms with E-state index in [9.17, 15) is 0 Å². The molecule has 0 N–H and O–H groups in total. The molecule has 2 heterocycles. The SMILES string of the molecule is c1ccc(-c2cc(-c3cccc4c3Oc3c(ccc5ccccc35)C43c4ccccc4-c4ccccc43)nc(-c3ccccc3)n2)cc1. The third kappa shape index (κ3) is 3.76. The highest BCUT2D eigenvalue weighted by Crippen LogP contribution is 2.64. The molecule has 0 saturated carbocycles. The molecule has 0 fully saturated rings. The Labute approximate surface area is 278 Å². The van der Waals surface area contributed by atoms with Crippen LogP contribution in [0.3, 0.4) is 0 Å². The maximum Gasteiger partial charge on any atom is 0.160 e. The zero-order valence-electron chi connectivity index (χ0n) is 26.0. The highest BCUT2D eigenvalue weighted by atomic mass is 16.5. The number of rotatable bonds is 3. The lowest BCUT2D eigenvalue weighted by Gasteiger charge is -2.40. The van der Waals surface area contributed by atoms with E-state index in [1.54, 1.807) is 0 Å². The molecule has 1 aromatic heterocycles. The first-order valence-corrected chi connectivity index (χ1v) is 16.3. The van der Waals surface area contributed by atoms with Crippen molar-refractivity contribution in [2.24, 2.45) is 0 Å². The Morgan fingerprint density at radius 1 is 0.396 bits per heavy atom. The lowest BCUT2D eigenvalue weighted by molar-refractivity contribution is 0.443. The topological polar surface area (TPSA) is 35.0 Å². The van der Waals surface area contributed by atoms with Crippen molar-refractivity contribution in [3.05, 3.63) is 192 Å². The van der Waals surface area contributed by atoms with Crippen LogP contribution in [0.5, 0.6) is 11.5 Å². The summed E-state index contributed by atoms with van der Waals surface area (Å²) in [6.45, 7) is 0. The van der Waals surface area contributed by atoms with Crippen molar-refractivity contribution in [3.8, 4) is 56.5 Å². The molecule has 3 heteroatoms. The molecule has 48 heavy (non-hydrogen) atoms. The molecule has 2 aliphatic rings. The third-order valence-corrected chi connectivity index (χ3v) is 9.96. The standard InChI is InChI=1S/C45H28N2O/c1-3-15-30(16-4-1)40-28-41(47-44(46-40)31-17-5-2-6-18-31)35-22-13-25-38-43(35)48-42-32-19-8-7-14-29(32)26-27-39(42)45(38)36-23-11-9-20-33(36)34-21-10-12-24-37(34)45/h1-28H. The van der Waals surface area contributed by atoms with Crippen LogP contribution in [0.4, 0.5) is 0 Å². The summed E-state index contributed by atoms with van der Waals surface area (Å²) < 4.78 is 7.22. The number of benzene rings is 7. The van der Waals surface area contributed by atoms with Crippen molar-refractivity contribution in [1.82, 2.24) is 9.97 Å². The van der Waals surface area contributed by atoms with Crippen molar-refractivity contribution < 1.29 is 4.74 Å². The van der Waals surface area contributed by atoms with Crippen molar-refractivity contribution in [2.45, 2.75) is 5.41 Å². The first-order chi connectivity index (χ1) is 23.8. The minimum Gasteiger partial charge on any atom is -0.455 e. The van der Waals surface area contributed by atoms with Gasteiger partial charge in [0.15, 0.2) is 5.82 Å². The van der Waals surface area contributed by atoms with Crippen LogP contribution in [0.15, 0.2) is 170 Å². The van der Waals surface area contributed by atoms with Gasteiger partial charge in [0.05, 0.1) is 16.8 Å². The fourth-order valence-corrected chi connectivity index (χ4v) is 7.91. The van der Waals surface area contributed by atoms with Gasteiger partial charge in [-0.2, -0.15) is 0 Å². The predicted octanol–water partition coefficient (Wildman–Crippen LogP) is 11.1. The molecule has 0 bridgehead atoms. The van der Waals surface area contributed by atoms with Crippen molar-refractivity contribution in [1.29, 1.82) is 0 Å². The highest BCUT2D eigenvalue weighted by Gasteiger charge is 2.51. The van der Waals surface area contributed by atoms with Crippen LogP contribution < -0.4 is 4.74 Å². The fourth-order valence-electron chi connectivity index (χ4n) is 7.91. The molecule has 3 nitrogen and oxygen atoms in total. The van der Waals surface area contributed by atoms with Crippen LogP contribution in [0, 0.1) is 0 Å². The Bertz CT molecular complexity index is 2440. The first-order valence-electron chi connectivity index (χ1n) is 16.3. The minimum absolute atomic E-state index is 0.576. The second-order valence-electron chi connectivity index (χ2n) is 12.5. The third-order valence-electron chi connectivity index (χ3n) is 9.96. The van der Waals surface area contributed by atoms with Gasteiger partial charge in [-0.05, 0) is 39.8 Å². The molecule has 8 aromatic rings. The Balaban J connectivity index is 1.31. The maximum absolute atomic E-state index is 7.22. The summed E-state index contributed by atoms with van der Waals surface area (Å²) >= 11 is 0. The number of ether oxygens (including phenoxy) is 1. The maximum atomic E-state index is 7.22. The summed E-state index contributed by atoms with van der Waals surface area (Å²) in [4.78, 5) is 10.3. The van der Waals surface area contributed by atoms with Crippen molar-refractivity contribution in [2.75, 3.05) is 0 Å². The molecular formula is C45H28N2O. The van der Waals surface area contributed by atoms with E-state index in [1.165, 1.54) is 22.3 Å². The number of hydrogen-bond acceptors (Lipinski definition) is 3. The summed E-state index contributed by atoms with van der Waals surface area (Å²) in [5.41, 5.74) is 11.4. The average molecular weight is 613 g/mol. The van der Waals surface area contributed by atoms with Crippen LogP contribution in [0.2, 0.25) is 0 Å². The Kier molecular flexibility index (Phi) is 5.79. The molecule has 1 spiro atoms. The summed E-state index contributed by atoms with van der Waals surface area (Å²) in [6, 6.07) is 59.9. The van der Waals surface area contributed by atoms with Crippen molar-refractivity contribution in [3.63, 3.8) is 0 Å². The molecule has 224 valence electrons. The fraction of sp³-hybridized carbons (Fsp3) is 0.0222. The van der Waals surface area contributed by atoms with Crippen molar-refractivity contribution >= 4 is 10.8 Å². The van der Waals surface area contributed by atoms with E-state index in [1.807, 2.05) is 36.4 Å². The first kappa shape index (κ1) is 26.9. The molecular weight excluding hydrogens is 585 g/mol.